The van der Waals surface area contributed by atoms with Crippen molar-refractivity contribution in [2.24, 2.45) is 0 Å². The number of hydrogen-bond acceptors (Lipinski definition) is 1. The van der Waals surface area contributed by atoms with E-state index >= 15 is 0 Å². The fraction of sp³-hybridized carbons (Fsp3) is 0. The van der Waals surface area contributed by atoms with Gasteiger partial charge in [0.1, 0.15) is 0 Å². The molecule has 2 aromatic carbocycles. The summed E-state index contributed by atoms with van der Waals surface area (Å²) < 4.78 is 0. The van der Waals surface area contributed by atoms with Crippen molar-refractivity contribution >= 4 is 29.3 Å². The van der Waals surface area contributed by atoms with Crippen LogP contribution in [-0.2, 0) is 0 Å². The molecule has 0 atom stereocenters. The summed E-state index contributed by atoms with van der Waals surface area (Å²) in [6, 6.07) is 16.1. The van der Waals surface area contributed by atoms with E-state index in [-0.39, 0.29) is 0 Å². The first kappa shape index (κ1) is 11.5. The number of nitrogens with one attached hydrogen (secondary N) is 1. The van der Waals surface area contributed by atoms with Crippen molar-refractivity contribution in [2.45, 2.75) is 0 Å². The van der Waals surface area contributed by atoms with Crippen molar-refractivity contribution in [3.05, 3.63) is 71.4 Å². The van der Waals surface area contributed by atoms with Crippen molar-refractivity contribution in [3.63, 3.8) is 0 Å². The average molecular weight is 247 g/mol. The Morgan fingerprint density at radius 3 is 2.47 bits per heavy atom. The van der Waals surface area contributed by atoms with Crippen LogP contribution in [0.4, 0.5) is 0 Å². The van der Waals surface area contributed by atoms with Crippen molar-refractivity contribution in [1.29, 1.82) is 0 Å². The van der Waals surface area contributed by atoms with Crippen LogP contribution in [0.25, 0.3) is 23.1 Å². The minimum Gasteiger partial charge on any atom is -0.360 e. The Morgan fingerprint density at radius 1 is 0.842 bits per heavy atom. The van der Waals surface area contributed by atoms with E-state index in [4.69, 9.17) is 0 Å². The third kappa shape index (κ3) is 2.20. The maximum Gasteiger partial charge on any atom is 0.152 e. The van der Waals surface area contributed by atoms with Gasteiger partial charge in [-0.05, 0) is 17.2 Å². The molecule has 0 spiro atoms. The van der Waals surface area contributed by atoms with Crippen LogP contribution >= 0.6 is 0 Å². The lowest BCUT2D eigenvalue weighted by atomic mass is 10.1. The zero-order valence-electron chi connectivity index (χ0n) is 10.3. The zero-order valence-corrected chi connectivity index (χ0v) is 10.3. The molecule has 0 aliphatic rings. The van der Waals surface area contributed by atoms with E-state index in [9.17, 15) is 4.79 Å². The predicted octanol–water partition coefficient (Wildman–Crippen LogP) is 4.15. The highest BCUT2D eigenvalue weighted by Crippen LogP contribution is 2.23. The second-order valence-electron chi connectivity index (χ2n) is 4.38. The molecule has 3 aromatic rings. The third-order valence-electron chi connectivity index (χ3n) is 3.15. The number of rotatable bonds is 3. The first-order valence-corrected chi connectivity index (χ1v) is 6.17. The summed E-state index contributed by atoms with van der Waals surface area (Å²) >= 11 is 0. The van der Waals surface area contributed by atoms with Crippen LogP contribution < -0.4 is 0 Å². The molecule has 19 heavy (non-hydrogen) atoms. The topological polar surface area (TPSA) is 32.9 Å². The number of H-pyrrole nitrogens is 1. The Bertz CT molecular complexity index is 738. The van der Waals surface area contributed by atoms with Gasteiger partial charge in [0, 0.05) is 22.7 Å². The smallest absolute Gasteiger partial charge is 0.152 e. The van der Waals surface area contributed by atoms with E-state index in [1.165, 1.54) is 0 Å². The first-order valence-electron chi connectivity index (χ1n) is 6.17. The van der Waals surface area contributed by atoms with E-state index in [1.54, 1.807) is 6.20 Å². The van der Waals surface area contributed by atoms with Crippen LogP contribution in [0.2, 0.25) is 0 Å². The van der Waals surface area contributed by atoms with E-state index < -0.39 is 0 Å². The van der Waals surface area contributed by atoms with Gasteiger partial charge >= 0.3 is 0 Å². The Labute approximate surface area is 111 Å². The van der Waals surface area contributed by atoms with E-state index in [0.29, 0.717) is 5.56 Å². The largest absolute Gasteiger partial charge is 0.360 e. The van der Waals surface area contributed by atoms with Gasteiger partial charge in [0.05, 0.1) is 0 Å². The highest BCUT2D eigenvalue weighted by Gasteiger charge is 2.05. The average Bonchev–Trinajstić information content (AvgIpc) is 2.90. The first-order chi connectivity index (χ1) is 9.38. The lowest BCUT2D eigenvalue weighted by molar-refractivity contribution is 0.112. The van der Waals surface area contributed by atoms with E-state index in [1.807, 2.05) is 54.6 Å². The summed E-state index contributed by atoms with van der Waals surface area (Å²) in [5, 5.41) is 0.977. The predicted molar refractivity (Wildman–Crippen MR) is 79.1 cm³/mol. The van der Waals surface area contributed by atoms with Crippen molar-refractivity contribution < 1.29 is 4.79 Å². The molecule has 0 saturated carbocycles. The molecule has 1 aromatic heterocycles. The van der Waals surface area contributed by atoms with Crippen LogP contribution in [0.15, 0.2) is 54.7 Å². The molecule has 2 nitrogen and oxygen atoms in total. The number of aromatic nitrogens is 1. The molecule has 0 saturated heterocycles. The fourth-order valence-electron chi connectivity index (χ4n) is 2.22. The van der Waals surface area contributed by atoms with Gasteiger partial charge in [-0.1, -0.05) is 54.6 Å². The maximum atomic E-state index is 11.1. The van der Waals surface area contributed by atoms with Crippen molar-refractivity contribution in [3.8, 4) is 0 Å². The number of hydrogen-bond donors (Lipinski definition) is 1. The van der Waals surface area contributed by atoms with E-state index in [0.717, 1.165) is 28.3 Å². The summed E-state index contributed by atoms with van der Waals surface area (Å²) in [4.78, 5) is 14.2. The minimum atomic E-state index is 0.698. The van der Waals surface area contributed by atoms with Crippen molar-refractivity contribution in [2.75, 3.05) is 0 Å². The Kier molecular flexibility index (Phi) is 2.99. The molecule has 0 aliphatic carbocycles. The number of aldehydes is 1. The standard InChI is InChI=1S/C17H13NO/c19-12-15-11-18-16-8-4-7-14(17(15)16)10-9-13-5-2-1-3-6-13/h1-12,18H/b10-9+. The number of benzene rings is 2. The number of aromatic amines is 1. The van der Waals surface area contributed by atoms with Crippen LogP contribution in [-0.4, -0.2) is 11.3 Å². The lowest BCUT2D eigenvalue weighted by Gasteiger charge is -1.98. The monoisotopic (exact) mass is 247 g/mol. The quantitative estimate of drug-likeness (QED) is 0.547. The molecule has 1 heterocycles. The maximum absolute atomic E-state index is 11.1. The van der Waals surface area contributed by atoms with Gasteiger partial charge in [0.15, 0.2) is 6.29 Å². The van der Waals surface area contributed by atoms with Crippen LogP contribution in [0.1, 0.15) is 21.5 Å². The highest BCUT2D eigenvalue weighted by atomic mass is 16.1. The Hall–Kier alpha value is -2.61. The summed E-state index contributed by atoms with van der Waals surface area (Å²) in [6.07, 6.45) is 6.73. The number of carbonyl (C=O) groups is 1. The molecule has 0 aliphatic heterocycles. The second-order valence-corrected chi connectivity index (χ2v) is 4.38. The molecule has 0 amide bonds. The third-order valence-corrected chi connectivity index (χ3v) is 3.15. The molecule has 1 N–H and O–H groups in total. The summed E-state index contributed by atoms with van der Waals surface area (Å²) in [7, 11) is 0. The highest BCUT2D eigenvalue weighted by molar-refractivity contribution is 6.02. The molecule has 2 heteroatoms. The van der Waals surface area contributed by atoms with Gasteiger partial charge in [0.25, 0.3) is 0 Å². The molecule has 0 fully saturated rings. The second kappa shape index (κ2) is 4.94. The van der Waals surface area contributed by atoms with Gasteiger partial charge in [-0.3, -0.25) is 4.79 Å². The zero-order chi connectivity index (χ0) is 13.1. The van der Waals surface area contributed by atoms with Crippen LogP contribution in [0.5, 0.6) is 0 Å². The molecular formula is C17H13NO. The molecule has 3 rings (SSSR count). The number of fused-ring (bicyclic) bond motifs is 1. The SMILES string of the molecule is O=Cc1c[nH]c2cccc(/C=C/c3ccccc3)c12. The van der Waals surface area contributed by atoms with E-state index in [2.05, 4.69) is 11.1 Å². The summed E-state index contributed by atoms with van der Waals surface area (Å²) in [5.74, 6) is 0. The lowest BCUT2D eigenvalue weighted by Crippen LogP contribution is -1.80. The molecule has 0 unspecified atom stereocenters. The van der Waals surface area contributed by atoms with Gasteiger partial charge in [-0.25, -0.2) is 0 Å². The normalized spacial score (nSPS) is 11.2. The van der Waals surface area contributed by atoms with Gasteiger partial charge in [-0.2, -0.15) is 0 Å². The molecule has 92 valence electrons. The Morgan fingerprint density at radius 2 is 1.68 bits per heavy atom. The van der Waals surface area contributed by atoms with Crippen LogP contribution in [0, 0.1) is 0 Å². The minimum absolute atomic E-state index is 0.698. The van der Waals surface area contributed by atoms with Crippen LogP contribution in [0.3, 0.4) is 0 Å². The number of carbonyl (C=O) groups excluding carboxylic acids is 1. The van der Waals surface area contributed by atoms with Gasteiger partial charge in [0.2, 0.25) is 0 Å². The van der Waals surface area contributed by atoms with Crippen molar-refractivity contribution in [1.82, 2.24) is 4.98 Å². The summed E-state index contributed by atoms with van der Waals surface area (Å²) in [6.45, 7) is 0. The molecular weight excluding hydrogens is 234 g/mol. The summed E-state index contributed by atoms with van der Waals surface area (Å²) in [5.41, 5.74) is 3.87. The Balaban J connectivity index is 2.08. The fourth-order valence-corrected chi connectivity index (χ4v) is 2.22. The van der Waals surface area contributed by atoms with Gasteiger partial charge in [-0.15, -0.1) is 0 Å². The van der Waals surface area contributed by atoms with Gasteiger partial charge < -0.3 is 4.98 Å². The molecule has 0 bridgehead atoms. The molecule has 0 radical (unpaired) electrons.